The van der Waals surface area contributed by atoms with Gasteiger partial charge in [-0.3, -0.25) is 4.79 Å². The van der Waals surface area contributed by atoms with E-state index >= 15 is 0 Å². The predicted octanol–water partition coefficient (Wildman–Crippen LogP) is 6.80. The molecule has 2 nitrogen and oxygen atoms in total. The third kappa shape index (κ3) is 4.79. The summed E-state index contributed by atoms with van der Waals surface area (Å²) >= 11 is 1.52. The number of thioether (sulfide) groups is 1. The molecule has 0 bridgehead atoms. The molecule has 0 heterocycles. The van der Waals surface area contributed by atoms with Crippen LogP contribution in [-0.4, -0.2) is 16.3 Å². The molecule has 4 aromatic carbocycles. The first-order valence-corrected chi connectivity index (χ1v) is 11.7. The van der Waals surface area contributed by atoms with Gasteiger partial charge in [0.25, 0.3) is 0 Å². The van der Waals surface area contributed by atoms with E-state index in [0.29, 0.717) is 6.42 Å². The fourth-order valence-electron chi connectivity index (χ4n) is 4.11. The minimum atomic E-state index is -0.780. The molecular formula is C29H26O2S. The van der Waals surface area contributed by atoms with Gasteiger partial charge in [0.1, 0.15) is 5.25 Å². The number of aryl methyl sites for hydroxylation is 1. The topological polar surface area (TPSA) is 37.3 Å². The van der Waals surface area contributed by atoms with E-state index in [1.165, 1.54) is 11.8 Å². The number of hydrogen-bond acceptors (Lipinski definition) is 2. The van der Waals surface area contributed by atoms with Crippen LogP contribution in [0, 0.1) is 0 Å². The zero-order chi connectivity index (χ0) is 22.2. The minimum absolute atomic E-state index is 0.554. The summed E-state index contributed by atoms with van der Waals surface area (Å²) in [5.74, 6) is -0.780. The van der Waals surface area contributed by atoms with Crippen molar-refractivity contribution in [2.75, 3.05) is 0 Å². The largest absolute Gasteiger partial charge is 0.480 e. The van der Waals surface area contributed by atoms with E-state index < -0.39 is 16.0 Å². The first-order valence-electron chi connectivity index (χ1n) is 10.8. The van der Waals surface area contributed by atoms with Crippen molar-refractivity contribution in [2.45, 2.75) is 22.8 Å². The van der Waals surface area contributed by atoms with Gasteiger partial charge >= 0.3 is 5.97 Å². The third-order valence-electron chi connectivity index (χ3n) is 5.67. The van der Waals surface area contributed by atoms with Gasteiger partial charge in [-0.05, 0) is 35.1 Å². The van der Waals surface area contributed by atoms with E-state index in [4.69, 9.17) is 0 Å². The van der Waals surface area contributed by atoms with Crippen molar-refractivity contribution in [1.82, 2.24) is 0 Å². The lowest BCUT2D eigenvalue weighted by Gasteiger charge is -2.37. The van der Waals surface area contributed by atoms with Crippen molar-refractivity contribution in [3.05, 3.63) is 144 Å². The molecule has 4 rings (SSSR count). The summed E-state index contributed by atoms with van der Waals surface area (Å²) in [4.78, 5) is 12.5. The number of benzene rings is 4. The molecule has 4 aromatic rings. The Hall–Kier alpha value is -3.30. The van der Waals surface area contributed by atoms with E-state index in [1.807, 2.05) is 72.8 Å². The van der Waals surface area contributed by atoms with Gasteiger partial charge in [0, 0.05) is 0 Å². The van der Waals surface area contributed by atoms with Gasteiger partial charge in [-0.2, -0.15) is 0 Å². The number of carbonyl (C=O) groups is 1. The highest BCUT2D eigenvalue weighted by atomic mass is 32.2. The summed E-state index contributed by atoms with van der Waals surface area (Å²) in [6, 6.07) is 40.8. The quantitative estimate of drug-likeness (QED) is 0.292. The molecule has 0 amide bonds. The molecule has 0 saturated carbocycles. The Labute approximate surface area is 194 Å². The van der Waals surface area contributed by atoms with E-state index in [-0.39, 0.29) is 0 Å². The average molecular weight is 439 g/mol. The first kappa shape index (κ1) is 21.9. The lowest BCUT2D eigenvalue weighted by molar-refractivity contribution is -0.136. The van der Waals surface area contributed by atoms with Gasteiger partial charge in [0.15, 0.2) is 0 Å². The van der Waals surface area contributed by atoms with Crippen molar-refractivity contribution in [1.29, 1.82) is 0 Å². The van der Waals surface area contributed by atoms with Crippen LogP contribution in [-0.2, 0) is 16.0 Å². The van der Waals surface area contributed by atoms with E-state index in [2.05, 4.69) is 48.5 Å². The molecule has 0 aliphatic heterocycles. The van der Waals surface area contributed by atoms with Crippen molar-refractivity contribution in [3.8, 4) is 0 Å². The lowest BCUT2D eigenvalue weighted by atomic mass is 9.84. The summed E-state index contributed by atoms with van der Waals surface area (Å²) in [5, 5.41) is 9.66. The minimum Gasteiger partial charge on any atom is -0.480 e. The van der Waals surface area contributed by atoms with Crippen molar-refractivity contribution in [2.24, 2.45) is 0 Å². The molecule has 1 unspecified atom stereocenters. The van der Waals surface area contributed by atoms with Gasteiger partial charge in [-0.25, -0.2) is 0 Å². The van der Waals surface area contributed by atoms with Crippen LogP contribution in [0.4, 0.5) is 0 Å². The number of aliphatic carboxylic acids is 1. The molecule has 0 fully saturated rings. The molecule has 0 aliphatic carbocycles. The smallest absolute Gasteiger partial charge is 0.316 e. The van der Waals surface area contributed by atoms with E-state index in [1.54, 1.807) is 0 Å². The van der Waals surface area contributed by atoms with Crippen LogP contribution in [0.25, 0.3) is 0 Å². The second-order valence-electron chi connectivity index (χ2n) is 7.75. The predicted molar refractivity (Wildman–Crippen MR) is 133 cm³/mol. The second kappa shape index (κ2) is 10.3. The maximum Gasteiger partial charge on any atom is 0.316 e. The Morgan fingerprint density at radius 2 is 1.03 bits per heavy atom. The highest BCUT2D eigenvalue weighted by molar-refractivity contribution is 8.01. The van der Waals surface area contributed by atoms with Gasteiger partial charge in [-0.15, -0.1) is 11.8 Å². The molecule has 1 atom stereocenters. The highest BCUT2D eigenvalue weighted by Crippen LogP contribution is 2.50. The van der Waals surface area contributed by atoms with Crippen LogP contribution in [0.3, 0.4) is 0 Å². The number of carboxylic acids is 1. The highest BCUT2D eigenvalue weighted by Gasteiger charge is 2.41. The summed E-state index contributed by atoms with van der Waals surface area (Å²) in [7, 11) is 0. The summed E-state index contributed by atoms with van der Waals surface area (Å²) in [5.41, 5.74) is 4.39. The molecule has 1 N–H and O–H groups in total. The second-order valence-corrected chi connectivity index (χ2v) is 9.17. The molecule has 160 valence electrons. The molecule has 0 radical (unpaired) electrons. The molecule has 0 aliphatic rings. The van der Waals surface area contributed by atoms with Crippen LogP contribution >= 0.6 is 11.8 Å². The normalized spacial score (nSPS) is 12.2. The van der Waals surface area contributed by atoms with Gasteiger partial charge < -0.3 is 5.11 Å². The third-order valence-corrected chi connectivity index (χ3v) is 7.46. The Morgan fingerprint density at radius 1 is 0.656 bits per heavy atom. The number of hydrogen-bond donors (Lipinski definition) is 1. The molecule has 0 spiro atoms. The number of rotatable bonds is 9. The fraction of sp³-hybridized carbons (Fsp3) is 0.138. The van der Waals surface area contributed by atoms with Crippen molar-refractivity contribution in [3.63, 3.8) is 0 Å². The van der Waals surface area contributed by atoms with Crippen molar-refractivity contribution >= 4 is 17.7 Å². The van der Waals surface area contributed by atoms with Crippen LogP contribution in [0.15, 0.2) is 121 Å². The summed E-state index contributed by atoms with van der Waals surface area (Å²) in [6.07, 6.45) is 1.28. The number of carboxylic acid groups (broad SMARTS) is 1. The Balaban J connectivity index is 1.81. The molecule has 0 saturated heterocycles. The van der Waals surface area contributed by atoms with Gasteiger partial charge in [0.2, 0.25) is 0 Å². The summed E-state index contributed by atoms with van der Waals surface area (Å²) < 4.78 is -0.635. The van der Waals surface area contributed by atoms with E-state index in [0.717, 1.165) is 28.7 Å². The molecular weight excluding hydrogens is 412 g/mol. The maximum absolute atomic E-state index is 12.5. The van der Waals surface area contributed by atoms with Crippen LogP contribution in [0.5, 0.6) is 0 Å². The Morgan fingerprint density at radius 3 is 1.41 bits per heavy atom. The summed E-state index contributed by atoms with van der Waals surface area (Å²) in [6.45, 7) is 0. The molecule has 3 heteroatoms. The molecule has 32 heavy (non-hydrogen) atoms. The van der Waals surface area contributed by atoms with Crippen LogP contribution in [0.2, 0.25) is 0 Å². The zero-order valence-corrected chi connectivity index (χ0v) is 18.6. The maximum atomic E-state index is 12.5. The van der Waals surface area contributed by atoms with Crippen molar-refractivity contribution < 1.29 is 9.90 Å². The van der Waals surface area contributed by atoms with Crippen LogP contribution < -0.4 is 0 Å². The van der Waals surface area contributed by atoms with Crippen LogP contribution in [0.1, 0.15) is 28.7 Å². The Bertz CT molecular complexity index is 1020. The van der Waals surface area contributed by atoms with Gasteiger partial charge in [0.05, 0.1) is 4.75 Å². The van der Waals surface area contributed by atoms with Gasteiger partial charge in [-0.1, -0.05) is 121 Å². The molecule has 0 aromatic heterocycles. The first-order chi connectivity index (χ1) is 15.7. The Kier molecular flexibility index (Phi) is 7.08. The zero-order valence-electron chi connectivity index (χ0n) is 17.8. The monoisotopic (exact) mass is 438 g/mol. The van der Waals surface area contributed by atoms with E-state index in [9.17, 15) is 9.90 Å². The standard InChI is InChI=1S/C29H26O2S/c30-28(31)27(22-21-23-13-5-1-6-14-23)32-29(24-15-7-2-8-16-24,25-17-9-3-10-18-25)26-19-11-4-12-20-26/h1-20,27H,21-22H2,(H,30,31). The fourth-order valence-corrected chi connectivity index (χ4v) is 5.69. The average Bonchev–Trinajstić information content (AvgIpc) is 2.86. The lowest BCUT2D eigenvalue weighted by Crippen LogP contribution is -2.31. The SMILES string of the molecule is O=C(O)C(CCc1ccccc1)SC(c1ccccc1)(c1ccccc1)c1ccccc1.